The molecule has 6 aromatic rings. The summed E-state index contributed by atoms with van der Waals surface area (Å²) >= 11 is -0.826. The number of benzene rings is 5. The standard InChI is InChI=1S/C27H27.C12H7Si.2ClH.Zr/c1-18(2)12-21-16-23-10-11-25(22-8-6-5-7-9-22)27(26(23)17-21)24-14-19(3)13-20(4)15-24;1-3-7-11-9(5-1)10-6-2-4-8-12(10)13-11;;;/h5-11,13-18H,12H2,1-4H3;1-7H;2*1H;/q2*-1;;;+4/p-2. The minimum absolute atomic E-state index is 0.667. The molecule has 0 nitrogen and oxygen atoms in total. The molecule has 0 fully saturated rings. The van der Waals surface area contributed by atoms with Gasteiger partial charge in [0.2, 0.25) is 0 Å². The number of halogens is 2. The number of aryl methyl sites for hydroxylation is 2. The Labute approximate surface area is 278 Å². The van der Waals surface area contributed by atoms with Crippen LogP contribution in [-0.2, 0) is 27.3 Å². The van der Waals surface area contributed by atoms with Crippen LogP contribution in [0.15, 0.2) is 115 Å². The zero-order valence-corrected chi connectivity index (χ0v) is 30.0. The van der Waals surface area contributed by atoms with Gasteiger partial charge in [-0.05, 0) is 42.9 Å². The Bertz CT molecular complexity index is 1760. The van der Waals surface area contributed by atoms with Gasteiger partial charge in [-0.25, -0.2) is 0 Å². The van der Waals surface area contributed by atoms with Crippen molar-refractivity contribution in [3.05, 3.63) is 138 Å². The average Bonchev–Trinajstić information content (AvgIpc) is 3.58. The summed E-state index contributed by atoms with van der Waals surface area (Å²) in [5.41, 5.74) is 12.1. The van der Waals surface area contributed by atoms with Crippen molar-refractivity contribution >= 4 is 47.7 Å². The number of fused-ring (bicyclic) bond motifs is 4. The van der Waals surface area contributed by atoms with E-state index in [1.54, 1.807) is 0 Å². The third-order valence-electron chi connectivity index (χ3n) is 7.52. The Morgan fingerprint density at radius 2 is 1.42 bits per heavy atom. The summed E-state index contributed by atoms with van der Waals surface area (Å²) in [5.74, 6) is 0.667. The van der Waals surface area contributed by atoms with Gasteiger partial charge in [0.1, 0.15) is 0 Å². The van der Waals surface area contributed by atoms with Gasteiger partial charge in [0.15, 0.2) is 0 Å². The van der Waals surface area contributed by atoms with Crippen molar-refractivity contribution in [2.75, 3.05) is 0 Å². The molecule has 6 aromatic carbocycles. The van der Waals surface area contributed by atoms with Gasteiger partial charge in [-0.15, -0.1) is 34.0 Å². The smallest absolute Gasteiger partial charge is 0.0920 e. The summed E-state index contributed by atoms with van der Waals surface area (Å²) in [6.07, 6.45) is 1.13. The van der Waals surface area contributed by atoms with E-state index < -0.39 is 20.8 Å². The molecular weight excluding hydrogens is 659 g/mol. The van der Waals surface area contributed by atoms with Crippen LogP contribution < -0.4 is 10.4 Å². The predicted octanol–water partition coefficient (Wildman–Crippen LogP) is 10.2. The van der Waals surface area contributed by atoms with Crippen LogP contribution in [0, 0.1) is 25.8 Å². The van der Waals surface area contributed by atoms with Gasteiger partial charge in [0.25, 0.3) is 0 Å². The van der Waals surface area contributed by atoms with Crippen LogP contribution >= 0.6 is 17.0 Å². The maximum Gasteiger partial charge on any atom is 0.0920 e. The number of rotatable bonds is 4. The number of hydrogen-bond acceptors (Lipinski definition) is 0. The van der Waals surface area contributed by atoms with Crippen LogP contribution in [0.3, 0.4) is 0 Å². The molecular formula is C39H34Cl2SiZr. The second-order valence-electron chi connectivity index (χ2n) is 11.4. The Balaban J connectivity index is 0.000000190. The van der Waals surface area contributed by atoms with E-state index >= 15 is 0 Å². The van der Waals surface area contributed by atoms with Gasteiger partial charge >= 0.3 is 37.9 Å². The average molecular weight is 693 g/mol. The van der Waals surface area contributed by atoms with Crippen molar-refractivity contribution < 1.29 is 20.8 Å². The fraction of sp³-hybridized carbons (Fsp3) is 0.154. The molecule has 212 valence electrons. The quantitative estimate of drug-likeness (QED) is 0.127. The maximum atomic E-state index is 4.93. The Kier molecular flexibility index (Phi) is 11.0. The molecule has 0 N–H and O–H groups in total. The van der Waals surface area contributed by atoms with Crippen LogP contribution in [0.5, 0.6) is 0 Å². The normalized spacial score (nSPS) is 11.1. The zero-order chi connectivity index (χ0) is 30.3. The molecule has 7 rings (SSSR count). The third-order valence-corrected chi connectivity index (χ3v) is 8.89. The van der Waals surface area contributed by atoms with Gasteiger partial charge in [-0.2, -0.15) is 35.5 Å². The van der Waals surface area contributed by atoms with E-state index in [0.29, 0.717) is 5.92 Å². The monoisotopic (exact) mass is 690 g/mol. The van der Waals surface area contributed by atoms with Crippen molar-refractivity contribution in [1.82, 2.24) is 0 Å². The summed E-state index contributed by atoms with van der Waals surface area (Å²) in [6, 6.07) is 45.2. The van der Waals surface area contributed by atoms with Gasteiger partial charge in [0.05, 0.1) is 9.52 Å². The minimum Gasteiger partial charge on any atom is -0.184 e. The van der Waals surface area contributed by atoms with Crippen LogP contribution in [-0.4, -0.2) is 9.52 Å². The maximum absolute atomic E-state index is 4.93. The molecule has 1 aliphatic rings. The Morgan fingerprint density at radius 1 is 0.744 bits per heavy atom. The van der Waals surface area contributed by atoms with E-state index in [1.807, 2.05) is 6.07 Å². The Hall–Kier alpha value is -2.61. The summed E-state index contributed by atoms with van der Waals surface area (Å²) in [7, 11) is 10.7. The molecule has 2 radical (unpaired) electrons. The van der Waals surface area contributed by atoms with Crippen molar-refractivity contribution in [2.45, 2.75) is 34.1 Å². The van der Waals surface area contributed by atoms with Gasteiger partial charge in [-0.1, -0.05) is 120 Å². The van der Waals surface area contributed by atoms with E-state index in [-0.39, 0.29) is 0 Å². The van der Waals surface area contributed by atoms with Crippen molar-refractivity contribution in [1.29, 1.82) is 0 Å². The number of hydrogen-bond donors (Lipinski definition) is 0. The van der Waals surface area contributed by atoms with Gasteiger partial charge < -0.3 is 0 Å². The molecule has 4 heteroatoms. The molecule has 43 heavy (non-hydrogen) atoms. The molecule has 0 atom stereocenters. The first-order valence-electron chi connectivity index (χ1n) is 14.6. The van der Waals surface area contributed by atoms with Crippen molar-refractivity contribution in [3.8, 4) is 33.4 Å². The first-order valence-corrected chi connectivity index (χ1v) is 21.9. The molecule has 0 bridgehead atoms. The summed E-state index contributed by atoms with van der Waals surface area (Å²) in [6.45, 7) is 8.96. The molecule has 1 aliphatic heterocycles. The first-order chi connectivity index (χ1) is 20.9. The van der Waals surface area contributed by atoms with Crippen molar-refractivity contribution in [3.63, 3.8) is 0 Å². The van der Waals surface area contributed by atoms with Gasteiger partial charge in [0, 0.05) is 0 Å². The van der Waals surface area contributed by atoms with E-state index in [1.165, 1.54) is 71.2 Å². The fourth-order valence-electron chi connectivity index (χ4n) is 5.95. The topological polar surface area (TPSA) is 0 Å². The van der Waals surface area contributed by atoms with E-state index in [4.69, 9.17) is 17.0 Å². The minimum atomic E-state index is -0.826. The second kappa shape index (κ2) is 14.9. The predicted molar refractivity (Wildman–Crippen MR) is 186 cm³/mol. The first kappa shape index (κ1) is 31.8. The van der Waals surface area contributed by atoms with E-state index in [2.05, 4.69) is 143 Å². The van der Waals surface area contributed by atoms with Crippen molar-refractivity contribution in [2.24, 2.45) is 5.92 Å². The molecule has 1 heterocycles. The third kappa shape index (κ3) is 7.73. The Morgan fingerprint density at radius 3 is 2.14 bits per heavy atom. The van der Waals surface area contributed by atoms with Crippen LogP contribution in [0.1, 0.15) is 30.5 Å². The molecule has 0 aromatic heterocycles. The molecule has 0 aliphatic carbocycles. The zero-order valence-electron chi connectivity index (χ0n) is 25.0. The van der Waals surface area contributed by atoms with Crippen LogP contribution in [0.25, 0.3) is 44.2 Å². The molecule has 0 unspecified atom stereocenters. The van der Waals surface area contributed by atoms with Gasteiger partial charge in [-0.3, -0.25) is 0 Å². The molecule has 0 amide bonds. The summed E-state index contributed by atoms with van der Waals surface area (Å²) in [4.78, 5) is 0. The molecule has 0 saturated heterocycles. The fourth-order valence-corrected chi connectivity index (χ4v) is 7.26. The van der Waals surface area contributed by atoms with Crippen LogP contribution in [0.4, 0.5) is 0 Å². The van der Waals surface area contributed by atoms with E-state index in [0.717, 1.165) is 15.9 Å². The molecule has 0 spiro atoms. The largest absolute Gasteiger partial charge is 0.184 e. The summed E-state index contributed by atoms with van der Waals surface area (Å²) in [5, 5.41) is 5.54. The molecule has 0 saturated carbocycles. The van der Waals surface area contributed by atoms with Crippen LogP contribution in [0.2, 0.25) is 0 Å². The van der Waals surface area contributed by atoms with E-state index in [9.17, 15) is 0 Å². The summed E-state index contributed by atoms with van der Waals surface area (Å²) < 4.78 is 0. The SMILES string of the molecule is Cc1cc(C)cc(-c2c(-c3ccccc3)ccc3[cH-]c(CC(C)C)cc23)c1.[Cl][Zr+2][Cl].[c-]1cccc2c1[Si]c1ccccc1-2. The second-order valence-corrected chi connectivity index (χ2v) is 16.4.